The first kappa shape index (κ1) is 30.2. The van der Waals surface area contributed by atoms with Crippen LogP contribution in [0.1, 0.15) is 51.4 Å². The summed E-state index contributed by atoms with van der Waals surface area (Å²) in [4.78, 5) is 45.4. The molecule has 8 nitrogen and oxygen atoms in total. The second-order valence-electron chi connectivity index (χ2n) is 10.8. The lowest BCUT2D eigenvalue weighted by Crippen LogP contribution is -2.55. The highest BCUT2D eigenvalue weighted by molar-refractivity contribution is 8.02. The molecule has 3 heterocycles. The van der Waals surface area contributed by atoms with Crippen molar-refractivity contribution in [3.8, 4) is 5.75 Å². The Morgan fingerprint density at radius 1 is 1.15 bits per heavy atom. The summed E-state index contributed by atoms with van der Waals surface area (Å²) in [6, 6.07) is 6.63. The van der Waals surface area contributed by atoms with Gasteiger partial charge in [0.15, 0.2) is 0 Å². The first-order valence-electron chi connectivity index (χ1n) is 14.4. The van der Waals surface area contributed by atoms with Gasteiger partial charge in [0.05, 0.1) is 30.3 Å². The van der Waals surface area contributed by atoms with Crippen molar-refractivity contribution in [2.75, 3.05) is 38.3 Å². The molecule has 0 radical (unpaired) electrons. The fourth-order valence-electron chi connectivity index (χ4n) is 6.55. The molecule has 4 rings (SSSR count). The average Bonchev–Trinajstić information content (AvgIpc) is 3.61. The summed E-state index contributed by atoms with van der Waals surface area (Å²) < 4.78 is 10.3. The van der Waals surface area contributed by atoms with Crippen LogP contribution in [0.2, 0.25) is 0 Å². The molecule has 0 saturated carbocycles. The molecule has 9 heteroatoms. The summed E-state index contributed by atoms with van der Waals surface area (Å²) >= 11 is 1.65. The molecule has 1 aromatic carbocycles. The molecule has 1 spiro atoms. The number of thioether (sulfide) groups is 1. The maximum Gasteiger partial charge on any atom is 0.310 e. The SMILES string of the molecule is C=CCCCOC(=O)[C@@H]1[C@@H]2CCC3(S2)C(C(=O)N(CC=C)c2ccc(OC)cc2)N(CCCCCCO)C(=O)[C@H]13. The molecule has 1 N–H and O–H groups in total. The third-order valence-electron chi connectivity index (χ3n) is 8.37. The molecule has 5 atom stereocenters. The first-order chi connectivity index (χ1) is 19.4. The molecule has 2 bridgehead atoms. The number of hydrogen-bond acceptors (Lipinski definition) is 7. The average molecular weight is 571 g/mol. The lowest BCUT2D eigenvalue weighted by molar-refractivity contribution is -0.154. The van der Waals surface area contributed by atoms with Crippen molar-refractivity contribution >= 4 is 35.2 Å². The van der Waals surface area contributed by atoms with E-state index in [0.29, 0.717) is 50.4 Å². The van der Waals surface area contributed by atoms with Crippen molar-refractivity contribution in [1.29, 1.82) is 0 Å². The molecule has 2 amide bonds. The number of esters is 1. The van der Waals surface area contributed by atoms with Gasteiger partial charge < -0.3 is 24.4 Å². The van der Waals surface area contributed by atoms with Crippen molar-refractivity contribution in [3.63, 3.8) is 0 Å². The third kappa shape index (κ3) is 5.81. The maximum atomic E-state index is 14.5. The summed E-state index contributed by atoms with van der Waals surface area (Å²) in [5.74, 6) is -1.01. The number of ether oxygens (including phenoxy) is 2. The van der Waals surface area contributed by atoms with Crippen molar-refractivity contribution in [3.05, 3.63) is 49.6 Å². The van der Waals surface area contributed by atoms with Crippen molar-refractivity contribution in [1.82, 2.24) is 4.90 Å². The number of hydrogen-bond donors (Lipinski definition) is 1. The van der Waals surface area contributed by atoms with E-state index in [9.17, 15) is 14.4 Å². The number of aliphatic hydroxyl groups excluding tert-OH is 1. The normalized spacial score (nSPS) is 26.4. The van der Waals surface area contributed by atoms with E-state index in [1.54, 1.807) is 40.8 Å². The zero-order valence-electron chi connectivity index (χ0n) is 23.5. The van der Waals surface area contributed by atoms with Gasteiger partial charge in [0, 0.05) is 30.6 Å². The Kier molecular flexibility index (Phi) is 10.4. The van der Waals surface area contributed by atoms with E-state index in [4.69, 9.17) is 14.6 Å². The molecule has 3 saturated heterocycles. The number of benzene rings is 1. The third-order valence-corrected chi connectivity index (χ3v) is 10.3. The minimum atomic E-state index is -0.682. The van der Waals surface area contributed by atoms with Crippen LogP contribution >= 0.6 is 11.8 Å². The van der Waals surface area contributed by atoms with Crippen LogP contribution in [0.25, 0.3) is 0 Å². The number of unbranched alkanes of at least 4 members (excludes halogenated alkanes) is 4. The number of methoxy groups -OCH3 is 1. The van der Waals surface area contributed by atoms with E-state index >= 15 is 0 Å². The standard InChI is InChI=1S/C31H42N2O6S/c1-4-6-11-21-39-30(37)25-24-16-17-31(40-24)26(25)28(35)33(19-9-7-8-10-20-34)27(31)29(36)32(18-5-2)22-12-14-23(38-3)15-13-22/h4-5,12-15,24-27,34H,1-2,6-11,16-21H2,3H3/t24-,25+,26-,27?,31?/m0/s1. The van der Waals surface area contributed by atoms with Gasteiger partial charge in [0.2, 0.25) is 5.91 Å². The molecule has 2 unspecified atom stereocenters. The van der Waals surface area contributed by atoms with Gasteiger partial charge in [-0.05, 0) is 62.8 Å². The second kappa shape index (κ2) is 13.7. The number of allylic oxidation sites excluding steroid dienone is 1. The Hall–Kier alpha value is -2.78. The number of nitrogens with zero attached hydrogens (tertiary/aromatic N) is 2. The van der Waals surface area contributed by atoms with Crippen LogP contribution in [0.4, 0.5) is 5.69 Å². The molecule has 0 aromatic heterocycles. The van der Waals surface area contributed by atoms with Crippen molar-refractivity contribution < 1.29 is 29.0 Å². The summed E-state index contributed by atoms with van der Waals surface area (Å²) in [6.07, 6.45) is 9.58. The highest BCUT2D eigenvalue weighted by Gasteiger charge is 2.74. The number of amides is 2. The predicted molar refractivity (Wildman–Crippen MR) is 157 cm³/mol. The smallest absolute Gasteiger partial charge is 0.310 e. The van der Waals surface area contributed by atoms with Gasteiger partial charge in [-0.2, -0.15) is 0 Å². The zero-order valence-corrected chi connectivity index (χ0v) is 24.3. The number of rotatable bonds is 16. The largest absolute Gasteiger partial charge is 0.497 e. The topological polar surface area (TPSA) is 96.4 Å². The van der Waals surface area contributed by atoms with Gasteiger partial charge in [-0.25, -0.2) is 0 Å². The van der Waals surface area contributed by atoms with Crippen LogP contribution in [0.15, 0.2) is 49.6 Å². The predicted octanol–water partition coefficient (Wildman–Crippen LogP) is 4.37. The fraction of sp³-hybridized carbons (Fsp3) is 0.581. The fourth-order valence-corrected chi connectivity index (χ4v) is 8.75. The van der Waals surface area contributed by atoms with Crippen molar-refractivity contribution in [2.45, 2.75) is 67.4 Å². The molecule has 3 fully saturated rings. The van der Waals surface area contributed by atoms with Gasteiger partial charge in [0.25, 0.3) is 5.91 Å². The minimum absolute atomic E-state index is 0.0308. The number of carbonyl (C=O) groups is 3. The Morgan fingerprint density at radius 2 is 1.90 bits per heavy atom. The Morgan fingerprint density at radius 3 is 2.58 bits per heavy atom. The van der Waals surface area contributed by atoms with Crippen LogP contribution in [0.5, 0.6) is 5.75 Å². The number of likely N-dealkylation sites (tertiary alicyclic amines) is 1. The Bertz CT molecular complexity index is 1080. The summed E-state index contributed by atoms with van der Waals surface area (Å²) in [5.41, 5.74) is 0.705. The molecular formula is C31H42N2O6S. The summed E-state index contributed by atoms with van der Waals surface area (Å²) in [7, 11) is 1.60. The summed E-state index contributed by atoms with van der Waals surface area (Å²) in [5, 5.41) is 9.13. The molecular weight excluding hydrogens is 528 g/mol. The van der Waals surface area contributed by atoms with Crippen molar-refractivity contribution in [2.24, 2.45) is 11.8 Å². The molecule has 40 heavy (non-hydrogen) atoms. The van der Waals surface area contributed by atoms with E-state index in [2.05, 4.69) is 13.2 Å². The van der Waals surface area contributed by atoms with E-state index in [1.807, 2.05) is 24.3 Å². The van der Waals surface area contributed by atoms with Crippen LogP contribution in [-0.4, -0.2) is 77.2 Å². The van der Waals surface area contributed by atoms with Gasteiger partial charge in [0.1, 0.15) is 11.8 Å². The quantitative estimate of drug-likeness (QED) is 0.179. The highest BCUT2D eigenvalue weighted by Crippen LogP contribution is 2.66. The number of anilines is 1. The lowest BCUT2D eigenvalue weighted by Gasteiger charge is -2.37. The highest BCUT2D eigenvalue weighted by atomic mass is 32.2. The van der Waals surface area contributed by atoms with Crippen LogP contribution in [0.3, 0.4) is 0 Å². The molecule has 3 aliphatic rings. The monoisotopic (exact) mass is 570 g/mol. The Balaban J connectivity index is 1.64. The van der Waals surface area contributed by atoms with E-state index in [1.165, 1.54) is 0 Å². The van der Waals surface area contributed by atoms with Gasteiger partial charge in [-0.3, -0.25) is 14.4 Å². The lowest BCUT2D eigenvalue weighted by atomic mass is 9.71. The molecule has 1 aromatic rings. The maximum absolute atomic E-state index is 14.5. The van der Waals surface area contributed by atoms with E-state index < -0.39 is 22.6 Å². The van der Waals surface area contributed by atoms with E-state index in [-0.39, 0.29) is 29.6 Å². The number of carbonyl (C=O) groups excluding carboxylic acids is 3. The number of fused-ring (bicyclic) bond motifs is 1. The van der Waals surface area contributed by atoms with Crippen LogP contribution < -0.4 is 9.64 Å². The molecule has 218 valence electrons. The van der Waals surface area contributed by atoms with Gasteiger partial charge in [-0.1, -0.05) is 25.0 Å². The second-order valence-corrected chi connectivity index (χ2v) is 12.4. The minimum Gasteiger partial charge on any atom is -0.497 e. The molecule has 3 aliphatic heterocycles. The summed E-state index contributed by atoms with van der Waals surface area (Å²) in [6.45, 7) is 8.77. The van der Waals surface area contributed by atoms with Gasteiger partial charge in [-0.15, -0.1) is 24.9 Å². The van der Waals surface area contributed by atoms with Crippen LogP contribution in [0, 0.1) is 11.8 Å². The number of aliphatic hydroxyl groups is 1. The van der Waals surface area contributed by atoms with Crippen LogP contribution in [-0.2, 0) is 19.1 Å². The van der Waals surface area contributed by atoms with Gasteiger partial charge >= 0.3 is 5.97 Å². The zero-order chi connectivity index (χ0) is 28.7. The Labute approximate surface area is 241 Å². The molecule has 0 aliphatic carbocycles. The van der Waals surface area contributed by atoms with E-state index in [0.717, 1.165) is 32.1 Å². The first-order valence-corrected chi connectivity index (χ1v) is 15.2.